The second kappa shape index (κ2) is 10.3. The molecule has 0 spiro atoms. The van der Waals surface area contributed by atoms with Crippen LogP contribution in [0.4, 0.5) is 0 Å². The first kappa shape index (κ1) is 22.6. The summed E-state index contributed by atoms with van der Waals surface area (Å²) in [7, 11) is 1.80. The largest absolute Gasteiger partial charge is 0.443 e. The van der Waals surface area contributed by atoms with Crippen molar-refractivity contribution in [2.75, 3.05) is 52.9 Å². The Labute approximate surface area is 180 Å². The third-order valence-electron chi connectivity index (χ3n) is 5.89. The Hall–Kier alpha value is -2.09. The summed E-state index contributed by atoms with van der Waals surface area (Å²) in [6.45, 7) is 12.7. The monoisotopic (exact) mass is 418 g/mol. The second-order valence-corrected chi connectivity index (χ2v) is 9.33. The van der Waals surface area contributed by atoms with Crippen molar-refractivity contribution in [2.45, 2.75) is 58.4 Å². The highest BCUT2D eigenvalue weighted by molar-refractivity contribution is 5.80. The van der Waals surface area contributed by atoms with Gasteiger partial charge in [0.25, 0.3) is 0 Å². The molecule has 8 heteroatoms. The Bertz CT molecular complexity index is 707. The molecule has 3 rings (SSSR count). The molecule has 2 fully saturated rings. The number of amides is 1. The summed E-state index contributed by atoms with van der Waals surface area (Å²) in [6.07, 6.45) is 6.59. The first-order valence-electron chi connectivity index (χ1n) is 11.3. The van der Waals surface area contributed by atoms with Gasteiger partial charge in [0.2, 0.25) is 11.8 Å². The van der Waals surface area contributed by atoms with Crippen LogP contribution in [-0.4, -0.2) is 84.4 Å². The third-order valence-corrected chi connectivity index (χ3v) is 5.89. The number of carbonyl (C=O) groups excluding carboxylic acids is 1. The van der Waals surface area contributed by atoms with Crippen molar-refractivity contribution < 1.29 is 9.21 Å². The lowest BCUT2D eigenvalue weighted by molar-refractivity contribution is -0.132. The fraction of sp³-hybridized carbons (Fsp3) is 0.773. The molecule has 168 valence electrons. The highest BCUT2D eigenvalue weighted by Gasteiger charge is 2.24. The summed E-state index contributed by atoms with van der Waals surface area (Å²) in [5, 5.41) is 3.36. The fourth-order valence-electron chi connectivity index (χ4n) is 3.95. The van der Waals surface area contributed by atoms with Gasteiger partial charge in [-0.1, -0.05) is 33.6 Å². The Morgan fingerprint density at radius 1 is 1.07 bits per heavy atom. The van der Waals surface area contributed by atoms with Gasteiger partial charge in [0.15, 0.2) is 5.96 Å². The number of nitrogens with zero attached hydrogens (tertiary/aromatic N) is 5. The highest BCUT2D eigenvalue weighted by atomic mass is 16.4. The van der Waals surface area contributed by atoms with Gasteiger partial charge in [0, 0.05) is 51.7 Å². The summed E-state index contributed by atoms with van der Waals surface area (Å²) in [4.78, 5) is 28.0. The van der Waals surface area contributed by atoms with Gasteiger partial charge in [-0.2, -0.15) is 0 Å². The van der Waals surface area contributed by atoms with Crippen molar-refractivity contribution >= 4 is 11.9 Å². The fourth-order valence-corrected chi connectivity index (χ4v) is 3.95. The van der Waals surface area contributed by atoms with Crippen LogP contribution < -0.4 is 5.32 Å². The molecule has 0 atom stereocenters. The van der Waals surface area contributed by atoms with Gasteiger partial charge in [-0.15, -0.1) is 0 Å². The van der Waals surface area contributed by atoms with Crippen molar-refractivity contribution in [3.63, 3.8) is 0 Å². The van der Waals surface area contributed by atoms with Gasteiger partial charge in [-0.25, -0.2) is 4.98 Å². The van der Waals surface area contributed by atoms with E-state index in [-0.39, 0.29) is 11.3 Å². The van der Waals surface area contributed by atoms with Crippen LogP contribution in [0.15, 0.2) is 15.6 Å². The maximum absolute atomic E-state index is 12.6. The van der Waals surface area contributed by atoms with Gasteiger partial charge in [0.05, 0.1) is 19.3 Å². The molecule has 0 unspecified atom stereocenters. The van der Waals surface area contributed by atoms with Gasteiger partial charge in [0.1, 0.15) is 5.76 Å². The van der Waals surface area contributed by atoms with E-state index in [9.17, 15) is 4.79 Å². The summed E-state index contributed by atoms with van der Waals surface area (Å²) in [5.74, 6) is 2.69. The van der Waals surface area contributed by atoms with Crippen molar-refractivity contribution in [1.29, 1.82) is 0 Å². The van der Waals surface area contributed by atoms with Gasteiger partial charge in [-0.3, -0.25) is 14.7 Å². The molecular weight excluding hydrogens is 380 g/mol. The zero-order valence-electron chi connectivity index (χ0n) is 19.1. The van der Waals surface area contributed by atoms with Crippen molar-refractivity contribution in [2.24, 2.45) is 4.99 Å². The molecule has 0 radical (unpaired) electrons. The number of carbonyl (C=O) groups is 1. The van der Waals surface area contributed by atoms with E-state index in [1.54, 1.807) is 13.2 Å². The Morgan fingerprint density at radius 3 is 2.30 bits per heavy atom. The van der Waals surface area contributed by atoms with E-state index in [1.807, 2.05) is 0 Å². The lowest BCUT2D eigenvalue weighted by atomic mass is 9.94. The highest BCUT2D eigenvalue weighted by Crippen LogP contribution is 2.22. The number of rotatable bonds is 4. The summed E-state index contributed by atoms with van der Waals surface area (Å²) in [5.41, 5.74) is -0.0476. The standard InChI is InChI=1S/C22H38N6O2/c1-22(2,3)18-15-24-19(30-18)16-25-21(23-4)28-13-11-26(12-14-28)17-20(29)27-9-7-5-6-8-10-27/h15H,5-14,16-17H2,1-4H3,(H,23,25). The van der Waals surface area contributed by atoms with E-state index in [1.165, 1.54) is 12.8 Å². The van der Waals surface area contributed by atoms with Crippen LogP contribution in [0.1, 0.15) is 58.1 Å². The third kappa shape index (κ3) is 6.20. The molecule has 2 saturated heterocycles. The molecule has 1 N–H and O–H groups in total. The van der Waals surface area contributed by atoms with Gasteiger partial charge in [-0.05, 0) is 12.8 Å². The number of hydrogen-bond acceptors (Lipinski definition) is 5. The molecule has 1 amide bonds. The van der Waals surface area contributed by atoms with Crippen LogP contribution in [0.2, 0.25) is 0 Å². The maximum atomic E-state index is 12.6. The van der Waals surface area contributed by atoms with Crippen molar-refractivity contribution in [3.8, 4) is 0 Å². The molecule has 3 heterocycles. The van der Waals surface area contributed by atoms with E-state index in [0.717, 1.165) is 63.8 Å². The number of oxazole rings is 1. The molecule has 0 aromatic carbocycles. The predicted molar refractivity (Wildman–Crippen MR) is 118 cm³/mol. The van der Waals surface area contributed by atoms with E-state index >= 15 is 0 Å². The molecule has 0 aliphatic carbocycles. The normalized spacial score (nSPS) is 19.7. The lowest BCUT2D eigenvalue weighted by Gasteiger charge is -2.36. The number of nitrogens with one attached hydrogen (secondary N) is 1. The predicted octanol–water partition coefficient (Wildman–Crippen LogP) is 2.07. The van der Waals surface area contributed by atoms with E-state index in [2.05, 4.69) is 50.8 Å². The number of piperazine rings is 1. The number of hydrogen-bond donors (Lipinski definition) is 1. The molecular formula is C22H38N6O2. The minimum atomic E-state index is -0.0476. The number of aliphatic imine (C=N–C) groups is 1. The van der Waals surface area contributed by atoms with Crippen LogP contribution >= 0.6 is 0 Å². The van der Waals surface area contributed by atoms with Crippen LogP contribution in [0, 0.1) is 0 Å². The minimum absolute atomic E-state index is 0.0476. The molecule has 1 aromatic heterocycles. The van der Waals surface area contributed by atoms with Crippen LogP contribution in [0.3, 0.4) is 0 Å². The maximum Gasteiger partial charge on any atom is 0.236 e. The Kier molecular flexibility index (Phi) is 7.75. The Morgan fingerprint density at radius 2 is 1.73 bits per heavy atom. The summed E-state index contributed by atoms with van der Waals surface area (Å²) in [6, 6.07) is 0. The molecule has 2 aliphatic heterocycles. The summed E-state index contributed by atoms with van der Waals surface area (Å²) < 4.78 is 5.86. The second-order valence-electron chi connectivity index (χ2n) is 9.33. The summed E-state index contributed by atoms with van der Waals surface area (Å²) >= 11 is 0. The van der Waals surface area contributed by atoms with Crippen LogP contribution in [-0.2, 0) is 16.8 Å². The molecule has 2 aliphatic rings. The molecule has 8 nitrogen and oxygen atoms in total. The quantitative estimate of drug-likeness (QED) is 0.596. The molecule has 1 aromatic rings. The zero-order chi connectivity index (χ0) is 21.6. The SMILES string of the molecule is CN=C(NCc1ncc(C(C)(C)C)o1)N1CCN(CC(=O)N2CCCCCC2)CC1. The topological polar surface area (TPSA) is 77.2 Å². The molecule has 30 heavy (non-hydrogen) atoms. The smallest absolute Gasteiger partial charge is 0.236 e. The van der Waals surface area contributed by atoms with Gasteiger partial charge >= 0.3 is 0 Å². The van der Waals surface area contributed by atoms with Crippen LogP contribution in [0.5, 0.6) is 0 Å². The van der Waals surface area contributed by atoms with Crippen LogP contribution in [0.25, 0.3) is 0 Å². The first-order chi connectivity index (χ1) is 14.4. The van der Waals surface area contributed by atoms with Crippen molar-refractivity contribution in [1.82, 2.24) is 25.0 Å². The minimum Gasteiger partial charge on any atom is -0.443 e. The van der Waals surface area contributed by atoms with E-state index in [4.69, 9.17) is 4.42 Å². The van der Waals surface area contributed by atoms with E-state index in [0.29, 0.717) is 19.0 Å². The van der Waals surface area contributed by atoms with Gasteiger partial charge < -0.3 is 19.5 Å². The zero-order valence-corrected chi connectivity index (χ0v) is 19.1. The number of aromatic nitrogens is 1. The van der Waals surface area contributed by atoms with E-state index < -0.39 is 0 Å². The van der Waals surface area contributed by atoms with Crippen molar-refractivity contribution in [3.05, 3.63) is 17.8 Å². The molecule has 0 bridgehead atoms. The number of likely N-dealkylation sites (tertiary alicyclic amines) is 1. The average molecular weight is 419 g/mol. The Balaban J connectivity index is 1.43. The average Bonchev–Trinajstić information content (AvgIpc) is 3.04. The number of guanidine groups is 1. The first-order valence-corrected chi connectivity index (χ1v) is 11.3. The lowest BCUT2D eigenvalue weighted by Crippen LogP contribution is -2.54. The molecule has 0 saturated carbocycles.